The molecule has 11 heteroatoms. The van der Waals surface area contributed by atoms with Crippen molar-refractivity contribution in [1.29, 1.82) is 0 Å². The Hall–Kier alpha value is -4.15. The van der Waals surface area contributed by atoms with Gasteiger partial charge in [0.05, 0.1) is 17.8 Å². The first-order valence-corrected chi connectivity index (χ1v) is 8.92. The number of benzene rings is 2. The van der Waals surface area contributed by atoms with Crippen molar-refractivity contribution in [3.05, 3.63) is 78.3 Å². The fraction of sp³-hybridized carbons (Fsp3) is 0.100. The van der Waals surface area contributed by atoms with E-state index in [9.17, 15) is 18.3 Å². The highest BCUT2D eigenvalue weighted by atomic mass is 19.4. The minimum Gasteiger partial charge on any atom is -0.846 e. The summed E-state index contributed by atoms with van der Waals surface area (Å²) in [5.41, 5.74) is 1.80. The topological polar surface area (TPSA) is 103 Å². The van der Waals surface area contributed by atoms with E-state index in [1.54, 1.807) is 12.5 Å². The molecule has 2 aromatic heterocycles. The van der Waals surface area contributed by atoms with E-state index < -0.39 is 17.8 Å². The van der Waals surface area contributed by atoms with Crippen molar-refractivity contribution in [3.8, 4) is 11.1 Å². The van der Waals surface area contributed by atoms with Gasteiger partial charge in [0.1, 0.15) is 6.26 Å². The van der Waals surface area contributed by atoms with Crippen LogP contribution in [0.3, 0.4) is 0 Å². The molecule has 0 bridgehead atoms. The lowest BCUT2D eigenvalue weighted by molar-refractivity contribution is -0.754. The number of aromatic nitrogens is 3. The van der Waals surface area contributed by atoms with E-state index in [0.29, 0.717) is 6.54 Å². The molecule has 1 N–H and O–H groups in total. The molecular formula is C20H14F3N5O3. The Labute approximate surface area is 173 Å². The van der Waals surface area contributed by atoms with Crippen molar-refractivity contribution in [1.82, 2.24) is 10.4 Å². The van der Waals surface area contributed by atoms with Crippen LogP contribution in [0.25, 0.3) is 11.1 Å². The molecule has 2 heterocycles. The highest BCUT2D eigenvalue weighted by Crippen LogP contribution is 2.30. The molecule has 0 aliphatic rings. The molecule has 0 atom stereocenters. The van der Waals surface area contributed by atoms with Crippen molar-refractivity contribution in [2.75, 3.05) is 5.32 Å². The highest BCUT2D eigenvalue weighted by molar-refractivity contribution is 5.87. The second kappa shape index (κ2) is 8.30. The number of amidine groups is 1. The van der Waals surface area contributed by atoms with E-state index in [2.05, 4.69) is 20.7 Å². The molecule has 0 amide bonds. The Kier molecular flexibility index (Phi) is 5.39. The van der Waals surface area contributed by atoms with Crippen LogP contribution in [0.15, 0.2) is 81.2 Å². The van der Waals surface area contributed by atoms with Crippen LogP contribution in [0, 0.1) is 0 Å². The summed E-state index contributed by atoms with van der Waals surface area (Å²) in [4.78, 5) is 3.66. The van der Waals surface area contributed by atoms with E-state index in [1.165, 1.54) is 23.0 Å². The molecule has 0 spiro atoms. The van der Waals surface area contributed by atoms with Crippen LogP contribution in [-0.2, 0) is 12.7 Å². The fourth-order valence-electron chi connectivity index (χ4n) is 2.75. The molecule has 2 aromatic carbocycles. The van der Waals surface area contributed by atoms with Crippen LogP contribution >= 0.6 is 0 Å². The first-order chi connectivity index (χ1) is 14.9. The molecule has 4 aromatic rings. The van der Waals surface area contributed by atoms with Gasteiger partial charge in [-0.05, 0) is 28.4 Å². The lowest BCUT2D eigenvalue weighted by atomic mass is 10.1. The van der Waals surface area contributed by atoms with E-state index in [1.807, 2.05) is 24.3 Å². The van der Waals surface area contributed by atoms with Gasteiger partial charge in [0.2, 0.25) is 11.8 Å². The molecule has 0 fully saturated rings. The second-order valence-electron chi connectivity index (χ2n) is 6.47. The summed E-state index contributed by atoms with van der Waals surface area (Å²) in [5, 5.41) is 21.7. The lowest BCUT2D eigenvalue weighted by Crippen LogP contribution is -2.35. The van der Waals surface area contributed by atoms with Crippen LogP contribution in [0.5, 0.6) is 0 Å². The minimum atomic E-state index is -4.51. The Morgan fingerprint density at radius 1 is 1.13 bits per heavy atom. The van der Waals surface area contributed by atoms with Gasteiger partial charge in [-0.15, -0.1) is 0 Å². The van der Waals surface area contributed by atoms with Crippen molar-refractivity contribution < 1.29 is 32.0 Å². The van der Waals surface area contributed by atoms with Crippen LogP contribution in [0.4, 0.5) is 24.7 Å². The number of aliphatic imine (C=N–C) groups is 1. The Balaban J connectivity index is 1.41. The van der Waals surface area contributed by atoms with Crippen LogP contribution in [0.1, 0.15) is 11.1 Å². The Bertz CT molecular complexity index is 1190. The minimum absolute atomic E-state index is 0.0381. The number of nitrogens with one attached hydrogen (secondary N) is 1. The maximum absolute atomic E-state index is 12.8. The average Bonchev–Trinajstić information content (AvgIpc) is 3.41. The number of rotatable bonds is 5. The maximum Gasteiger partial charge on any atom is 0.416 e. The molecule has 31 heavy (non-hydrogen) atoms. The monoisotopic (exact) mass is 429 g/mol. The zero-order chi connectivity index (χ0) is 21.8. The van der Waals surface area contributed by atoms with E-state index in [-0.39, 0.29) is 11.6 Å². The van der Waals surface area contributed by atoms with Gasteiger partial charge in [-0.2, -0.15) is 13.2 Å². The third kappa shape index (κ3) is 5.07. The predicted molar refractivity (Wildman–Crippen MR) is 99.9 cm³/mol. The Morgan fingerprint density at radius 3 is 2.65 bits per heavy atom. The van der Waals surface area contributed by atoms with Gasteiger partial charge in [0.15, 0.2) is 0 Å². The third-order valence-corrected chi connectivity index (χ3v) is 4.22. The van der Waals surface area contributed by atoms with Crippen molar-refractivity contribution in [3.63, 3.8) is 0 Å². The van der Waals surface area contributed by atoms with E-state index in [4.69, 9.17) is 9.05 Å². The van der Waals surface area contributed by atoms with E-state index in [0.717, 1.165) is 28.8 Å². The smallest absolute Gasteiger partial charge is 0.416 e. The molecule has 0 saturated heterocycles. The number of hydrogen-bond donors (Lipinski definition) is 1. The quantitative estimate of drug-likeness (QED) is 0.297. The normalized spacial score (nSPS) is 12.2. The number of halogens is 3. The largest absolute Gasteiger partial charge is 0.846 e. The van der Waals surface area contributed by atoms with Crippen molar-refractivity contribution >= 4 is 17.6 Å². The SMILES string of the molecule is [O-]/C(=N\c1c[n+](Cc2ccc(-c3cnoc3)cc2)no1)Nc1cccc(C(F)(F)F)c1. The van der Waals surface area contributed by atoms with Gasteiger partial charge < -0.3 is 14.9 Å². The summed E-state index contributed by atoms with van der Waals surface area (Å²) in [6, 6.07) is 10.9. The summed E-state index contributed by atoms with van der Waals surface area (Å²) in [5.74, 6) is -0.0921. The molecule has 0 saturated carbocycles. The van der Waals surface area contributed by atoms with Crippen LogP contribution in [-0.4, -0.2) is 16.4 Å². The molecule has 0 aliphatic carbocycles. The molecule has 158 valence electrons. The number of nitrogens with zero attached hydrogens (tertiary/aromatic N) is 4. The Morgan fingerprint density at radius 2 is 1.94 bits per heavy atom. The van der Waals surface area contributed by atoms with Gasteiger partial charge >= 0.3 is 12.1 Å². The van der Waals surface area contributed by atoms with Gasteiger partial charge in [-0.3, -0.25) is 4.52 Å². The van der Waals surface area contributed by atoms with E-state index >= 15 is 0 Å². The number of hydrogen-bond acceptors (Lipinski definition) is 6. The van der Waals surface area contributed by atoms with Crippen molar-refractivity contribution in [2.45, 2.75) is 12.7 Å². The first-order valence-electron chi connectivity index (χ1n) is 8.92. The standard InChI is InChI=1S/C20H14F3N5O3/c21-20(22,23)16-2-1-3-17(8-16)25-19(29)26-18-11-28(27-31-18)10-13-4-6-14(7-5-13)15-9-24-30-12-15/h1-9,11-12H,10H2,(H-,25,26,27,29). The van der Waals surface area contributed by atoms with Gasteiger partial charge in [0, 0.05) is 16.8 Å². The van der Waals surface area contributed by atoms with Gasteiger partial charge in [-0.25, -0.2) is 4.99 Å². The summed E-state index contributed by atoms with van der Waals surface area (Å²) in [7, 11) is 0. The molecule has 0 radical (unpaired) electrons. The zero-order valence-corrected chi connectivity index (χ0v) is 15.7. The second-order valence-corrected chi connectivity index (χ2v) is 6.47. The van der Waals surface area contributed by atoms with Gasteiger partial charge in [-0.1, -0.05) is 35.5 Å². The summed E-state index contributed by atoms with van der Waals surface area (Å²) >= 11 is 0. The average molecular weight is 429 g/mol. The molecule has 0 unspecified atom stereocenters. The van der Waals surface area contributed by atoms with Crippen LogP contribution < -0.4 is 15.1 Å². The summed E-state index contributed by atoms with van der Waals surface area (Å²) < 4.78 is 49.5. The molecule has 8 nitrogen and oxygen atoms in total. The zero-order valence-electron chi connectivity index (χ0n) is 15.7. The van der Waals surface area contributed by atoms with Crippen LogP contribution in [0.2, 0.25) is 0 Å². The fourth-order valence-corrected chi connectivity index (χ4v) is 2.75. The molecule has 0 aliphatic heterocycles. The van der Waals surface area contributed by atoms with Crippen molar-refractivity contribution in [2.24, 2.45) is 4.99 Å². The highest BCUT2D eigenvalue weighted by Gasteiger charge is 2.30. The summed E-state index contributed by atoms with van der Waals surface area (Å²) in [6.45, 7) is 0.359. The third-order valence-electron chi connectivity index (χ3n) is 4.22. The summed E-state index contributed by atoms with van der Waals surface area (Å²) in [6.07, 6.45) is 0.0424. The lowest BCUT2D eigenvalue weighted by Gasteiger charge is -2.14. The first kappa shape index (κ1) is 20.1. The molecule has 4 rings (SSSR count). The maximum atomic E-state index is 12.8. The predicted octanol–water partition coefficient (Wildman–Crippen LogP) is 3.14. The number of alkyl halides is 3. The molecular weight excluding hydrogens is 415 g/mol. The number of anilines is 1. The van der Waals surface area contributed by atoms with Gasteiger partial charge in [0.25, 0.3) is 6.20 Å².